The zero-order valence-corrected chi connectivity index (χ0v) is 77.6. The number of thioether (sulfide) groups is 1. The summed E-state index contributed by atoms with van der Waals surface area (Å²) in [6.45, 7) is 4.74. The summed E-state index contributed by atoms with van der Waals surface area (Å²) in [4.78, 5) is 282. The molecule has 3 aliphatic rings. The number of hydrogen-bond acceptors (Lipinski definition) is 24. The van der Waals surface area contributed by atoms with E-state index in [1.165, 1.54) is 63.1 Å². The van der Waals surface area contributed by atoms with E-state index in [9.17, 15) is 83.1 Å². The number of aromatic nitrogens is 2. The molecule has 3 fully saturated rings. The third-order valence-corrected chi connectivity index (χ3v) is 25.0. The molecule has 3 aromatic carbocycles. The Labute approximate surface area is 783 Å². The molecule has 22 N–H and O–H groups in total. The van der Waals surface area contributed by atoms with Crippen molar-refractivity contribution in [3.8, 4) is 5.75 Å². The van der Waals surface area contributed by atoms with Crippen molar-refractivity contribution in [2.45, 2.75) is 241 Å². The van der Waals surface area contributed by atoms with Gasteiger partial charge in [0.1, 0.15) is 96.9 Å². The van der Waals surface area contributed by atoms with Gasteiger partial charge in [0, 0.05) is 106 Å². The molecule has 45 heteroatoms. The zero-order chi connectivity index (χ0) is 99.4. The summed E-state index contributed by atoms with van der Waals surface area (Å²) in [6, 6.07) is -4.00. The molecule has 2 aromatic heterocycles. The minimum atomic E-state index is -1.98. The lowest BCUT2D eigenvalue weighted by Crippen LogP contribution is -2.61. The number of para-hydroxylation sites is 2. The summed E-state index contributed by atoms with van der Waals surface area (Å²) in [5.74, 6) is -21.4. The van der Waals surface area contributed by atoms with Gasteiger partial charge in [-0.3, -0.25) is 91.1 Å². The second kappa shape index (κ2) is 50.7. The molecule has 5 aromatic rings. The van der Waals surface area contributed by atoms with Crippen molar-refractivity contribution in [3.05, 3.63) is 102 Å². The summed E-state index contributed by atoms with van der Waals surface area (Å²) in [5, 5.41) is 79.1. The van der Waals surface area contributed by atoms with Crippen LogP contribution in [0.5, 0.6) is 5.75 Å². The Kier molecular flexibility index (Phi) is 40.2. The molecule has 5 heterocycles. The van der Waals surface area contributed by atoms with Crippen LogP contribution in [-0.2, 0) is 117 Å². The fraction of sp³-hybridized carbons (Fsp3) is 0.544. The van der Waals surface area contributed by atoms with Crippen LogP contribution in [0.2, 0.25) is 0 Å². The molecule has 44 nitrogen and oxygen atoms in total. The highest BCUT2D eigenvalue weighted by Gasteiger charge is 2.47. The van der Waals surface area contributed by atoms with Gasteiger partial charge in [0.25, 0.3) is 0 Å². The summed E-state index contributed by atoms with van der Waals surface area (Å²) < 4.78 is 1.42. The summed E-state index contributed by atoms with van der Waals surface area (Å²) >= 11 is 0.764. The van der Waals surface area contributed by atoms with E-state index in [0.29, 0.717) is 64.2 Å². The monoisotopic (exact) mass is 1900 g/mol. The normalized spacial score (nSPS) is 24.8. The van der Waals surface area contributed by atoms with Crippen LogP contribution in [-0.4, -0.2) is 328 Å². The van der Waals surface area contributed by atoms with Crippen LogP contribution >= 0.6 is 11.8 Å². The molecule has 0 bridgehead atoms. The standard InChI is InChI=1S/C90H126N20O24S/c1-9-11-21-68-83(127)99-60(34-48(3)4)80(124)104-66(78(122)95-41-73(93)115)46-135-47-74(116)96-62(35-50-25-27-53(112)28-26-50)86(130)105(6)49(5)77(121)101-64(39-72(92)114)89(133)109-33-17-24-69(109)84(128)103-65(45-111)82(126)98-59(29-30-75(117)118)88(132)110-43-54(113)38-71(110)85(129)100-61(36-51-40-94-57-20-15-13-18-55(51)57)81(125)97-58(31-32-91)79(123)102-63(87(131)107(8)70(22-12-10-2)90(134)106(68)7)37-52-42-108(44-76(119)120)67-23-16-14-19-56(52)67/h13-16,18-20,23,25-28,40,42,48-49,54,58-66,68-71,94,111-113H,9-12,17,21-22,24,29-39,41,43-47,91H2,1-8H3,(H2,92,114)(H2,93,115)(H,95,122)(H,96,116)(H,97,125)(H,98,126)(H,99,127)(H,100,129)(H,101,121)(H,102,123)(H,103,128)(H,104,124)(H,117,118)(H,119,120)/t49-,54+,58-,59-,60-,61-,62-,63-,64+,65-,66-,68-,69-,70-,71-/m0/s1. The van der Waals surface area contributed by atoms with Gasteiger partial charge < -0.3 is 130 Å². The van der Waals surface area contributed by atoms with Crippen molar-refractivity contribution in [3.63, 3.8) is 0 Å². The lowest BCUT2D eigenvalue weighted by Gasteiger charge is -2.36. The molecule has 3 saturated heterocycles. The molecule has 0 aliphatic carbocycles. The maximum Gasteiger partial charge on any atom is 0.323 e. The smallest absolute Gasteiger partial charge is 0.323 e. The Morgan fingerprint density at radius 1 is 0.556 bits per heavy atom. The number of aliphatic hydroxyl groups is 2. The van der Waals surface area contributed by atoms with Gasteiger partial charge >= 0.3 is 11.9 Å². The van der Waals surface area contributed by atoms with Gasteiger partial charge in [-0.1, -0.05) is 102 Å². The fourth-order valence-electron chi connectivity index (χ4n) is 16.6. The number of rotatable bonds is 27. The van der Waals surface area contributed by atoms with E-state index in [1.54, 1.807) is 68.6 Å². The largest absolute Gasteiger partial charge is 0.508 e. The van der Waals surface area contributed by atoms with Crippen LogP contribution in [0.3, 0.4) is 0 Å². The molecule has 3 aliphatic heterocycles. The number of carboxylic acid groups (broad SMARTS) is 2. The van der Waals surface area contributed by atoms with Crippen LogP contribution in [0.25, 0.3) is 21.8 Å². The Balaban J connectivity index is 1.21. The number of benzene rings is 3. The predicted molar refractivity (Wildman–Crippen MR) is 490 cm³/mol. The Bertz CT molecular complexity index is 5130. The Morgan fingerprint density at radius 3 is 1.76 bits per heavy atom. The average molecular weight is 1900 g/mol. The molecule has 15 atom stereocenters. The first-order valence-corrected chi connectivity index (χ1v) is 46.1. The maximum absolute atomic E-state index is 15.9. The summed E-state index contributed by atoms with van der Waals surface area (Å²) in [7, 11) is 3.83. The Hall–Kier alpha value is -13.3. The van der Waals surface area contributed by atoms with Gasteiger partial charge in [-0.05, 0) is 105 Å². The van der Waals surface area contributed by atoms with E-state index in [2.05, 4.69) is 58.2 Å². The number of carbonyl (C=O) groups excluding carboxylic acids is 17. The number of nitrogens with zero attached hydrogens (tertiary/aromatic N) is 6. The van der Waals surface area contributed by atoms with Gasteiger partial charge in [-0.15, -0.1) is 11.8 Å². The number of aromatic hydroxyl groups is 1. The second-order valence-electron chi connectivity index (χ2n) is 34.6. The number of phenolic OH excluding ortho intramolecular Hbond substituents is 1. The minimum absolute atomic E-state index is 0.0168. The first-order chi connectivity index (χ1) is 64.1. The molecule has 0 radical (unpaired) electrons. The van der Waals surface area contributed by atoms with Crippen molar-refractivity contribution in [2.75, 3.05) is 65.4 Å². The van der Waals surface area contributed by atoms with Crippen molar-refractivity contribution in [1.29, 1.82) is 0 Å². The third kappa shape index (κ3) is 29.8. The SMILES string of the molecule is CCCC[C@H]1C(=O)N(C)[C@@H](CCCC)C(=O)N[C@@H](CC(C)C)C(=O)N[C@H](C(=O)NCC(N)=O)CSCC(=O)N[C@@H](Cc2ccc(O)cc2)C(=O)N(C)[C@@H](C)C(=O)N[C@H](CC(N)=O)C(=O)N2CCC[C@H]2C(=O)N[C@@H](CO)C(=O)N[C@@H](CCC(=O)O)C(=O)N2C[C@H](O)C[C@H]2C(=O)N[C@@H](Cc2c[nH]c3ccccc23)C(=O)N[C@@H](CCN)C(=O)N[C@@H](Cc2cn(CC(=O)O)c3ccccc23)C(=O)N1C. The average Bonchev–Trinajstić information content (AvgIpc) is 1.55. The number of carbonyl (C=O) groups is 19. The molecule has 135 heavy (non-hydrogen) atoms. The number of aromatic amines is 1. The van der Waals surface area contributed by atoms with Crippen LogP contribution in [0.4, 0.5) is 0 Å². The van der Waals surface area contributed by atoms with Gasteiger partial charge in [0.15, 0.2) is 0 Å². The van der Waals surface area contributed by atoms with Gasteiger partial charge in [0.05, 0.1) is 31.4 Å². The molecular weight excluding hydrogens is 1780 g/mol. The number of aliphatic hydroxyl groups excluding tert-OH is 2. The van der Waals surface area contributed by atoms with Gasteiger partial charge in [-0.2, -0.15) is 0 Å². The van der Waals surface area contributed by atoms with E-state index in [1.807, 2.05) is 13.8 Å². The molecule has 17 amide bonds. The van der Waals surface area contributed by atoms with Crippen LogP contribution in [0, 0.1) is 5.92 Å². The van der Waals surface area contributed by atoms with Crippen LogP contribution in [0.1, 0.15) is 141 Å². The number of nitrogens with two attached hydrogens (primary N) is 3. The van der Waals surface area contributed by atoms with Crippen LogP contribution < -0.4 is 70.4 Å². The van der Waals surface area contributed by atoms with E-state index in [4.69, 9.17) is 17.2 Å². The number of nitrogens with one attached hydrogen (secondary N) is 11. The summed E-state index contributed by atoms with van der Waals surface area (Å²) in [5.41, 5.74) is 19.4. The number of primary amides is 2. The van der Waals surface area contributed by atoms with Crippen molar-refractivity contribution in [2.24, 2.45) is 23.1 Å². The van der Waals surface area contributed by atoms with Gasteiger partial charge in [-0.25, -0.2) is 0 Å². The highest BCUT2D eigenvalue weighted by Crippen LogP contribution is 2.29. The quantitative estimate of drug-likeness (QED) is 0.0244. The van der Waals surface area contributed by atoms with Crippen molar-refractivity contribution in [1.82, 2.24) is 87.2 Å². The lowest BCUT2D eigenvalue weighted by atomic mass is 9.99. The topological polar surface area (TPSA) is 661 Å². The highest BCUT2D eigenvalue weighted by molar-refractivity contribution is 8.00. The van der Waals surface area contributed by atoms with E-state index in [0.717, 1.165) is 36.3 Å². The number of carboxylic acids is 2. The Morgan fingerprint density at radius 2 is 1.12 bits per heavy atom. The highest BCUT2D eigenvalue weighted by atomic mass is 32.2. The fourth-order valence-corrected chi connectivity index (χ4v) is 17.5. The number of aliphatic carboxylic acids is 2. The zero-order valence-electron chi connectivity index (χ0n) is 76.8. The summed E-state index contributed by atoms with van der Waals surface area (Å²) in [6.07, 6.45) is -1.41. The predicted octanol–water partition coefficient (Wildman–Crippen LogP) is -3.39. The minimum Gasteiger partial charge on any atom is -0.508 e. The van der Waals surface area contributed by atoms with Crippen molar-refractivity contribution < 1.29 is 117 Å². The molecule has 0 unspecified atom stereocenters. The first-order valence-electron chi connectivity index (χ1n) is 45.0. The van der Waals surface area contributed by atoms with Gasteiger partial charge in [0.2, 0.25) is 100 Å². The number of hydrogen-bond donors (Lipinski definition) is 19. The second-order valence-corrected chi connectivity index (χ2v) is 35.6. The third-order valence-electron chi connectivity index (χ3n) is 24.0. The van der Waals surface area contributed by atoms with Crippen molar-refractivity contribution >= 4 is 146 Å². The molecule has 0 spiro atoms. The molecule has 0 saturated carbocycles. The number of unbranched alkanes of at least 4 members (excludes halogenated alkanes) is 2. The molecule has 736 valence electrons. The molecular formula is C90H126N20O24S. The number of H-pyrrole nitrogens is 1. The number of likely N-dealkylation sites (N-methyl/N-ethyl adjacent to an activating group) is 3. The van der Waals surface area contributed by atoms with E-state index in [-0.39, 0.29) is 76.1 Å². The lowest BCUT2D eigenvalue weighted by molar-refractivity contribution is -0.149. The maximum atomic E-state index is 15.9. The van der Waals surface area contributed by atoms with E-state index < -0.39 is 273 Å². The van der Waals surface area contributed by atoms with E-state index >= 15 is 33.6 Å². The number of amides is 17. The first kappa shape index (κ1) is 107. The van der Waals surface area contributed by atoms with Crippen LogP contribution in [0.15, 0.2) is 85.2 Å². The molecule has 8 rings (SSSR count). The number of phenols is 1. The number of fused-ring (bicyclic) bond motifs is 4.